The molecule has 0 amide bonds. The van der Waals surface area contributed by atoms with Gasteiger partial charge in [0.15, 0.2) is 0 Å². The molecule has 0 saturated carbocycles. The standard InChI is InChI=1S/C9H8ClNO2/c10-8-4-6(5-11-12)3-7-1-2-13-9(7)8/h3-5,12H,1-2H2. The van der Waals surface area contributed by atoms with E-state index in [9.17, 15) is 0 Å². The van der Waals surface area contributed by atoms with E-state index in [1.807, 2.05) is 6.07 Å². The molecule has 68 valence electrons. The highest BCUT2D eigenvalue weighted by Gasteiger charge is 2.16. The van der Waals surface area contributed by atoms with Gasteiger partial charge in [0, 0.05) is 6.42 Å². The van der Waals surface area contributed by atoms with Crippen molar-refractivity contribution >= 4 is 17.8 Å². The highest BCUT2D eigenvalue weighted by Crippen LogP contribution is 2.34. The van der Waals surface area contributed by atoms with Crippen molar-refractivity contribution in [3.63, 3.8) is 0 Å². The highest BCUT2D eigenvalue weighted by molar-refractivity contribution is 6.32. The van der Waals surface area contributed by atoms with Gasteiger partial charge >= 0.3 is 0 Å². The smallest absolute Gasteiger partial charge is 0.141 e. The molecule has 0 saturated heterocycles. The number of rotatable bonds is 1. The molecule has 0 fully saturated rings. The van der Waals surface area contributed by atoms with E-state index in [1.165, 1.54) is 6.21 Å². The van der Waals surface area contributed by atoms with E-state index in [0.29, 0.717) is 11.6 Å². The molecule has 1 aliphatic heterocycles. The zero-order chi connectivity index (χ0) is 9.26. The fourth-order valence-corrected chi connectivity index (χ4v) is 1.73. The Bertz CT molecular complexity index is 363. The lowest BCUT2D eigenvalue weighted by Gasteiger charge is -2.02. The number of nitrogens with zero attached hydrogens (tertiary/aromatic N) is 1. The average Bonchev–Trinajstić information content (AvgIpc) is 2.53. The van der Waals surface area contributed by atoms with Crippen LogP contribution in [-0.4, -0.2) is 18.0 Å². The van der Waals surface area contributed by atoms with Crippen LogP contribution in [0.25, 0.3) is 0 Å². The van der Waals surface area contributed by atoms with Gasteiger partial charge in [0.05, 0.1) is 17.8 Å². The Hall–Kier alpha value is -1.22. The fourth-order valence-electron chi connectivity index (χ4n) is 1.43. The molecule has 0 aliphatic carbocycles. The van der Waals surface area contributed by atoms with Gasteiger partial charge in [-0.25, -0.2) is 0 Å². The van der Waals surface area contributed by atoms with Gasteiger partial charge in [-0.15, -0.1) is 0 Å². The fraction of sp³-hybridized carbons (Fsp3) is 0.222. The predicted molar refractivity (Wildman–Crippen MR) is 50.0 cm³/mol. The lowest BCUT2D eigenvalue weighted by atomic mass is 10.1. The maximum absolute atomic E-state index is 8.35. The van der Waals surface area contributed by atoms with Crippen LogP contribution in [0.1, 0.15) is 11.1 Å². The van der Waals surface area contributed by atoms with Gasteiger partial charge in [0.25, 0.3) is 0 Å². The summed E-state index contributed by atoms with van der Waals surface area (Å²) in [4.78, 5) is 0. The van der Waals surface area contributed by atoms with Gasteiger partial charge in [0.1, 0.15) is 5.75 Å². The van der Waals surface area contributed by atoms with E-state index < -0.39 is 0 Å². The summed E-state index contributed by atoms with van der Waals surface area (Å²) in [7, 11) is 0. The Balaban J connectivity index is 2.49. The van der Waals surface area contributed by atoms with Gasteiger partial charge < -0.3 is 9.94 Å². The van der Waals surface area contributed by atoms with Crippen LogP contribution in [0.3, 0.4) is 0 Å². The van der Waals surface area contributed by atoms with Crippen LogP contribution >= 0.6 is 11.6 Å². The monoisotopic (exact) mass is 197 g/mol. The van der Waals surface area contributed by atoms with Crippen LogP contribution in [0, 0.1) is 0 Å². The normalized spacial score (nSPS) is 14.5. The largest absolute Gasteiger partial charge is 0.491 e. The van der Waals surface area contributed by atoms with Crippen molar-refractivity contribution < 1.29 is 9.94 Å². The molecule has 1 aromatic rings. The van der Waals surface area contributed by atoms with E-state index in [2.05, 4.69) is 5.16 Å². The molecule has 0 aromatic heterocycles. The first-order valence-corrected chi connectivity index (χ1v) is 4.31. The van der Waals surface area contributed by atoms with Gasteiger partial charge in [-0.1, -0.05) is 16.8 Å². The Labute approximate surface area is 80.6 Å². The second kappa shape index (κ2) is 3.26. The molecule has 1 N–H and O–H groups in total. The number of ether oxygens (including phenoxy) is 1. The number of fused-ring (bicyclic) bond motifs is 1. The van der Waals surface area contributed by atoms with Crippen LogP contribution in [-0.2, 0) is 6.42 Å². The van der Waals surface area contributed by atoms with Crippen molar-refractivity contribution in [2.75, 3.05) is 6.61 Å². The maximum Gasteiger partial charge on any atom is 0.141 e. The van der Waals surface area contributed by atoms with Crippen LogP contribution in [0.15, 0.2) is 17.3 Å². The van der Waals surface area contributed by atoms with Crippen molar-refractivity contribution in [3.05, 3.63) is 28.3 Å². The summed E-state index contributed by atoms with van der Waals surface area (Å²) in [6.45, 7) is 0.675. The van der Waals surface area contributed by atoms with E-state index >= 15 is 0 Å². The molecule has 2 rings (SSSR count). The lowest BCUT2D eigenvalue weighted by Crippen LogP contribution is -1.86. The van der Waals surface area contributed by atoms with Gasteiger partial charge in [-0.2, -0.15) is 0 Å². The van der Waals surface area contributed by atoms with E-state index in [1.54, 1.807) is 6.07 Å². The topological polar surface area (TPSA) is 41.8 Å². The van der Waals surface area contributed by atoms with Crippen LogP contribution < -0.4 is 4.74 Å². The molecule has 4 heteroatoms. The molecule has 1 aliphatic rings. The third kappa shape index (κ3) is 1.47. The Morgan fingerprint density at radius 3 is 3.15 bits per heavy atom. The lowest BCUT2D eigenvalue weighted by molar-refractivity contribution is 0.322. The molecule has 3 nitrogen and oxygen atoms in total. The maximum atomic E-state index is 8.35. The first-order chi connectivity index (χ1) is 6.31. The summed E-state index contributed by atoms with van der Waals surface area (Å²) < 4.78 is 5.32. The summed E-state index contributed by atoms with van der Waals surface area (Å²) in [6, 6.07) is 3.62. The van der Waals surface area contributed by atoms with Crippen LogP contribution in [0.5, 0.6) is 5.75 Å². The van der Waals surface area contributed by atoms with Crippen molar-refractivity contribution in [3.8, 4) is 5.75 Å². The summed E-state index contributed by atoms with van der Waals surface area (Å²) in [5.41, 5.74) is 1.86. The minimum absolute atomic E-state index is 0.574. The van der Waals surface area contributed by atoms with E-state index in [4.69, 9.17) is 21.5 Å². The molecule has 0 radical (unpaired) electrons. The number of oxime groups is 1. The minimum atomic E-state index is 0.574. The zero-order valence-corrected chi connectivity index (χ0v) is 7.58. The molecule has 0 spiro atoms. The molecule has 0 bridgehead atoms. The first-order valence-electron chi connectivity index (χ1n) is 3.94. The number of halogens is 1. The predicted octanol–water partition coefficient (Wildman–Crippen LogP) is 2.08. The third-order valence-electron chi connectivity index (χ3n) is 1.97. The summed E-state index contributed by atoms with van der Waals surface area (Å²) in [5.74, 6) is 0.761. The van der Waals surface area contributed by atoms with Gasteiger partial charge in [-0.3, -0.25) is 0 Å². The van der Waals surface area contributed by atoms with E-state index in [-0.39, 0.29) is 0 Å². The van der Waals surface area contributed by atoms with Crippen molar-refractivity contribution in [2.24, 2.45) is 5.16 Å². The summed E-state index contributed by atoms with van der Waals surface area (Å²) >= 11 is 5.94. The summed E-state index contributed by atoms with van der Waals surface area (Å²) in [5, 5.41) is 11.9. The second-order valence-corrected chi connectivity index (χ2v) is 3.24. The molecular formula is C9H8ClNO2. The van der Waals surface area contributed by atoms with Gasteiger partial charge in [-0.05, 0) is 23.3 Å². The number of hydrogen-bond donors (Lipinski definition) is 1. The van der Waals surface area contributed by atoms with Crippen molar-refractivity contribution in [2.45, 2.75) is 6.42 Å². The molecule has 1 aromatic carbocycles. The van der Waals surface area contributed by atoms with Crippen molar-refractivity contribution in [1.29, 1.82) is 0 Å². The number of benzene rings is 1. The molecular weight excluding hydrogens is 190 g/mol. The molecule has 0 atom stereocenters. The zero-order valence-electron chi connectivity index (χ0n) is 6.83. The average molecular weight is 198 g/mol. The van der Waals surface area contributed by atoms with Crippen LogP contribution in [0.4, 0.5) is 0 Å². The quantitative estimate of drug-likeness (QED) is 0.426. The van der Waals surface area contributed by atoms with Crippen molar-refractivity contribution in [1.82, 2.24) is 0 Å². The molecule has 1 heterocycles. The van der Waals surface area contributed by atoms with Gasteiger partial charge in [0.2, 0.25) is 0 Å². The SMILES string of the molecule is ON=Cc1cc(Cl)c2c(c1)CCO2. The van der Waals surface area contributed by atoms with E-state index in [0.717, 1.165) is 23.3 Å². The first kappa shape index (κ1) is 8.38. The number of hydrogen-bond acceptors (Lipinski definition) is 3. The Morgan fingerprint density at radius 1 is 1.54 bits per heavy atom. The third-order valence-corrected chi connectivity index (χ3v) is 2.25. The second-order valence-electron chi connectivity index (χ2n) is 2.83. The Kier molecular flexibility index (Phi) is 2.10. The Morgan fingerprint density at radius 2 is 2.38 bits per heavy atom. The molecule has 13 heavy (non-hydrogen) atoms. The highest BCUT2D eigenvalue weighted by atomic mass is 35.5. The molecule has 0 unspecified atom stereocenters. The van der Waals surface area contributed by atoms with Crippen LogP contribution in [0.2, 0.25) is 5.02 Å². The minimum Gasteiger partial charge on any atom is -0.491 e. The summed E-state index contributed by atoms with van der Waals surface area (Å²) in [6.07, 6.45) is 2.21.